The SMILES string of the molecule is CCc1cc(C)c(OCc2c(C)cccc2OC(=O)SC)cc1C. The van der Waals surface area contributed by atoms with E-state index >= 15 is 0 Å². The number of hydrogen-bond acceptors (Lipinski definition) is 4. The summed E-state index contributed by atoms with van der Waals surface area (Å²) in [6.07, 6.45) is 2.72. The first-order chi connectivity index (χ1) is 11.5. The minimum Gasteiger partial charge on any atom is -0.488 e. The van der Waals surface area contributed by atoms with Crippen molar-refractivity contribution in [3.05, 3.63) is 58.1 Å². The summed E-state index contributed by atoms with van der Waals surface area (Å²) in [7, 11) is 0. The topological polar surface area (TPSA) is 35.5 Å². The Balaban J connectivity index is 2.23. The Labute approximate surface area is 148 Å². The highest BCUT2D eigenvalue weighted by atomic mass is 32.2. The van der Waals surface area contributed by atoms with Gasteiger partial charge in [0.1, 0.15) is 18.1 Å². The molecule has 0 unspecified atom stereocenters. The molecule has 0 aliphatic carbocycles. The maximum Gasteiger partial charge on any atom is 0.372 e. The van der Waals surface area contributed by atoms with Crippen molar-refractivity contribution >= 4 is 17.1 Å². The monoisotopic (exact) mass is 344 g/mol. The molecule has 2 aromatic carbocycles. The number of hydrogen-bond donors (Lipinski definition) is 0. The summed E-state index contributed by atoms with van der Waals surface area (Å²) in [5, 5.41) is -0.318. The molecule has 0 amide bonds. The molecule has 128 valence electrons. The van der Waals surface area contributed by atoms with Crippen LogP contribution in [0.5, 0.6) is 11.5 Å². The summed E-state index contributed by atoms with van der Waals surface area (Å²) in [4.78, 5) is 11.6. The Hall–Kier alpha value is -1.94. The van der Waals surface area contributed by atoms with Crippen LogP contribution in [0.4, 0.5) is 4.79 Å². The first-order valence-corrected chi connectivity index (χ1v) is 9.26. The molecule has 4 heteroatoms. The average Bonchev–Trinajstić information content (AvgIpc) is 2.56. The standard InChI is InChI=1S/C20H24O3S/c1-6-16-10-15(4)19(11-14(16)3)22-12-17-13(2)8-7-9-18(17)23-20(21)24-5/h7-11H,6,12H2,1-5H3. The van der Waals surface area contributed by atoms with E-state index in [-0.39, 0.29) is 5.30 Å². The highest BCUT2D eigenvalue weighted by molar-refractivity contribution is 8.12. The van der Waals surface area contributed by atoms with E-state index in [1.807, 2.05) is 19.1 Å². The van der Waals surface area contributed by atoms with Crippen LogP contribution in [0.15, 0.2) is 30.3 Å². The molecule has 0 N–H and O–H groups in total. The molecule has 0 saturated heterocycles. The summed E-state index contributed by atoms with van der Waals surface area (Å²) in [5.74, 6) is 1.43. The van der Waals surface area contributed by atoms with Gasteiger partial charge in [0.25, 0.3) is 0 Å². The van der Waals surface area contributed by atoms with Gasteiger partial charge in [0.15, 0.2) is 0 Å². The summed E-state index contributed by atoms with van der Waals surface area (Å²) in [5.41, 5.74) is 5.63. The van der Waals surface area contributed by atoms with E-state index in [2.05, 4.69) is 32.9 Å². The summed E-state index contributed by atoms with van der Waals surface area (Å²) in [6, 6.07) is 9.94. The second-order valence-corrected chi connectivity index (χ2v) is 6.54. The maximum absolute atomic E-state index is 11.6. The lowest BCUT2D eigenvalue weighted by atomic mass is 10.0. The number of aryl methyl sites for hydroxylation is 4. The van der Waals surface area contributed by atoms with E-state index in [9.17, 15) is 4.79 Å². The Morgan fingerprint density at radius 2 is 1.79 bits per heavy atom. The maximum atomic E-state index is 11.6. The van der Waals surface area contributed by atoms with Gasteiger partial charge < -0.3 is 9.47 Å². The van der Waals surface area contributed by atoms with Crippen molar-refractivity contribution in [3.63, 3.8) is 0 Å². The molecule has 0 bridgehead atoms. The number of thioether (sulfide) groups is 1. The van der Waals surface area contributed by atoms with Crippen molar-refractivity contribution in [3.8, 4) is 11.5 Å². The van der Waals surface area contributed by atoms with Crippen LogP contribution in [0.25, 0.3) is 0 Å². The van der Waals surface area contributed by atoms with Gasteiger partial charge >= 0.3 is 5.30 Å². The molecule has 0 heterocycles. The third kappa shape index (κ3) is 4.32. The van der Waals surface area contributed by atoms with Crippen LogP contribution < -0.4 is 9.47 Å². The lowest BCUT2D eigenvalue weighted by molar-refractivity contribution is 0.225. The first kappa shape index (κ1) is 18.4. The lowest BCUT2D eigenvalue weighted by Crippen LogP contribution is -2.07. The average molecular weight is 344 g/mol. The number of carbonyl (C=O) groups excluding carboxylic acids is 1. The Kier molecular flexibility index (Phi) is 6.32. The van der Waals surface area contributed by atoms with E-state index in [4.69, 9.17) is 9.47 Å². The van der Waals surface area contributed by atoms with Crippen molar-refractivity contribution in [2.75, 3.05) is 6.26 Å². The van der Waals surface area contributed by atoms with Crippen molar-refractivity contribution in [2.24, 2.45) is 0 Å². The number of rotatable bonds is 5. The van der Waals surface area contributed by atoms with Crippen LogP contribution in [0.3, 0.4) is 0 Å². The van der Waals surface area contributed by atoms with Crippen LogP contribution in [0, 0.1) is 20.8 Å². The van der Waals surface area contributed by atoms with Crippen LogP contribution in [0.1, 0.15) is 34.7 Å². The molecular formula is C20H24O3S. The molecular weight excluding hydrogens is 320 g/mol. The zero-order chi connectivity index (χ0) is 17.7. The fourth-order valence-corrected chi connectivity index (χ4v) is 2.80. The second-order valence-electron chi connectivity index (χ2n) is 5.79. The first-order valence-electron chi connectivity index (χ1n) is 8.03. The van der Waals surface area contributed by atoms with Gasteiger partial charge in [-0.25, -0.2) is 4.79 Å². The van der Waals surface area contributed by atoms with Gasteiger partial charge in [-0.3, -0.25) is 0 Å². The molecule has 2 rings (SSSR count). The summed E-state index contributed by atoms with van der Waals surface area (Å²) >= 11 is 1.06. The number of ether oxygens (including phenoxy) is 2. The Morgan fingerprint density at radius 3 is 2.46 bits per heavy atom. The van der Waals surface area contributed by atoms with Crippen LogP contribution in [-0.4, -0.2) is 11.6 Å². The molecule has 0 spiro atoms. The van der Waals surface area contributed by atoms with Gasteiger partial charge in [0.05, 0.1) is 0 Å². The largest absolute Gasteiger partial charge is 0.488 e. The Bertz CT molecular complexity index is 738. The van der Waals surface area contributed by atoms with Gasteiger partial charge in [-0.15, -0.1) is 0 Å². The second kappa shape index (κ2) is 8.25. The zero-order valence-corrected chi connectivity index (χ0v) is 15.8. The molecule has 0 aliphatic rings. The minimum atomic E-state index is -0.318. The Morgan fingerprint density at radius 1 is 1.04 bits per heavy atom. The van der Waals surface area contributed by atoms with Gasteiger partial charge in [0.2, 0.25) is 0 Å². The smallest absolute Gasteiger partial charge is 0.372 e. The van der Waals surface area contributed by atoms with E-state index in [1.165, 1.54) is 11.1 Å². The zero-order valence-electron chi connectivity index (χ0n) is 14.9. The fraction of sp³-hybridized carbons (Fsp3) is 0.350. The van der Waals surface area contributed by atoms with Crippen LogP contribution in [0.2, 0.25) is 0 Å². The molecule has 0 saturated carbocycles. The molecule has 0 aromatic heterocycles. The molecule has 0 aliphatic heterocycles. The van der Waals surface area contributed by atoms with Crippen LogP contribution in [-0.2, 0) is 13.0 Å². The molecule has 0 atom stereocenters. The van der Waals surface area contributed by atoms with Crippen molar-refractivity contribution in [1.82, 2.24) is 0 Å². The third-order valence-corrected chi connectivity index (χ3v) is 4.53. The minimum absolute atomic E-state index is 0.318. The van der Waals surface area contributed by atoms with E-state index in [0.717, 1.165) is 40.6 Å². The summed E-state index contributed by atoms with van der Waals surface area (Å²) in [6.45, 7) is 8.68. The molecule has 0 fully saturated rings. The number of carbonyl (C=O) groups is 1. The van der Waals surface area contributed by atoms with Crippen molar-refractivity contribution < 1.29 is 14.3 Å². The quantitative estimate of drug-likeness (QED) is 0.660. The van der Waals surface area contributed by atoms with E-state index < -0.39 is 0 Å². The number of benzene rings is 2. The predicted molar refractivity (Wildman–Crippen MR) is 100 cm³/mol. The van der Waals surface area contributed by atoms with E-state index in [0.29, 0.717) is 12.4 Å². The van der Waals surface area contributed by atoms with Gasteiger partial charge in [-0.2, -0.15) is 0 Å². The molecule has 24 heavy (non-hydrogen) atoms. The normalized spacial score (nSPS) is 10.5. The predicted octanol–water partition coefficient (Wildman–Crippen LogP) is 5.62. The molecule has 0 radical (unpaired) electrons. The van der Waals surface area contributed by atoms with Gasteiger partial charge in [-0.05, 0) is 79.6 Å². The fourth-order valence-electron chi connectivity index (χ4n) is 2.62. The lowest BCUT2D eigenvalue weighted by Gasteiger charge is -2.16. The highest BCUT2D eigenvalue weighted by Gasteiger charge is 2.12. The van der Waals surface area contributed by atoms with E-state index in [1.54, 1.807) is 12.3 Å². The van der Waals surface area contributed by atoms with Gasteiger partial charge in [-0.1, -0.05) is 25.1 Å². The molecule has 2 aromatic rings. The van der Waals surface area contributed by atoms with Crippen molar-refractivity contribution in [2.45, 2.75) is 40.7 Å². The molecule has 3 nitrogen and oxygen atoms in total. The van der Waals surface area contributed by atoms with Crippen LogP contribution >= 0.6 is 11.8 Å². The third-order valence-electron chi connectivity index (χ3n) is 4.11. The van der Waals surface area contributed by atoms with Gasteiger partial charge in [0, 0.05) is 5.56 Å². The highest BCUT2D eigenvalue weighted by Crippen LogP contribution is 2.28. The van der Waals surface area contributed by atoms with Crippen molar-refractivity contribution in [1.29, 1.82) is 0 Å². The summed E-state index contributed by atoms with van der Waals surface area (Å²) < 4.78 is 11.4.